The van der Waals surface area contributed by atoms with Crippen LogP contribution in [0, 0.1) is 0 Å². The van der Waals surface area contributed by atoms with Gasteiger partial charge in [0.1, 0.15) is 0 Å². The van der Waals surface area contributed by atoms with Gasteiger partial charge < -0.3 is 5.73 Å². The molecule has 0 bridgehead atoms. The molecule has 1 heterocycles. The lowest BCUT2D eigenvalue weighted by Crippen LogP contribution is -2.18. The lowest BCUT2D eigenvalue weighted by molar-refractivity contribution is 0.730. The van der Waals surface area contributed by atoms with Crippen LogP contribution in [-0.2, 0) is 6.42 Å². The molecule has 92 valence electrons. The van der Waals surface area contributed by atoms with Crippen molar-refractivity contribution in [3.05, 3.63) is 58.2 Å². The van der Waals surface area contributed by atoms with Gasteiger partial charge in [0.15, 0.2) is 0 Å². The summed E-state index contributed by atoms with van der Waals surface area (Å²) >= 11 is 5.16. The number of halogens is 1. The molecule has 18 heavy (non-hydrogen) atoms. The van der Waals surface area contributed by atoms with Gasteiger partial charge in [-0.15, -0.1) is 11.8 Å². The number of rotatable bonds is 2. The van der Waals surface area contributed by atoms with E-state index in [2.05, 4.69) is 45.2 Å². The molecule has 1 aliphatic rings. The summed E-state index contributed by atoms with van der Waals surface area (Å²) in [7, 11) is 0. The predicted molar refractivity (Wildman–Crippen MR) is 78.7 cm³/mol. The maximum absolute atomic E-state index is 6.31. The second-order valence-electron chi connectivity index (χ2n) is 4.40. The molecule has 3 rings (SSSR count). The fourth-order valence-electron chi connectivity index (χ4n) is 2.29. The zero-order chi connectivity index (χ0) is 12.5. The van der Waals surface area contributed by atoms with Crippen LogP contribution in [0.4, 0.5) is 0 Å². The standard InChI is InChI=1S/C14H13BrN2S/c15-10-5-6-13(17-8-10)18-12-7-9-3-1-2-4-11(9)14(12)16/h1-6,8,12,14H,7,16H2. The highest BCUT2D eigenvalue weighted by molar-refractivity contribution is 9.10. The quantitative estimate of drug-likeness (QED) is 0.919. The molecule has 0 spiro atoms. The van der Waals surface area contributed by atoms with Crippen molar-refractivity contribution in [3.8, 4) is 0 Å². The first kappa shape index (κ1) is 12.2. The average molecular weight is 321 g/mol. The molecule has 0 amide bonds. The largest absolute Gasteiger partial charge is 0.323 e. The first-order valence-corrected chi connectivity index (χ1v) is 7.53. The Bertz CT molecular complexity index is 556. The van der Waals surface area contributed by atoms with E-state index < -0.39 is 0 Å². The molecule has 1 aromatic heterocycles. The first-order chi connectivity index (χ1) is 8.74. The van der Waals surface area contributed by atoms with Crippen LogP contribution >= 0.6 is 27.7 Å². The van der Waals surface area contributed by atoms with Crippen molar-refractivity contribution in [1.82, 2.24) is 4.98 Å². The molecule has 0 radical (unpaired) electrons. The molecular formula is C14H13BrN2S. The molecule has 2 nitrogen and oxygen atoms in total. The van der Waals surface area contributed by atoms with Crippen LogP contribution in [0.1, 0.15) is 17.2 Å². The van der Waals surface area contributed by atoms with Gasteiger partial charge in [0.25, 0.3) is 0 Å². The van der Waals surface area contributed by atoms with Crippen molar-refractivity contribution in [1.29, 1.82) is 0 Å². The zero-order valence-corrected chi connectivity index (χ0v) is 12.1. The number of aromatic nitrogens is 1. The molecule has 2 unspecified atom stereocenters. The number of nitrogens with two attached hydrogens (primary N) is 1. The van der Waals surface area contributed by atoms with Crippen LogP contribution in [0.2, 0.25) is 0 Å². The van der Waals surface area contributed by atoms with Crippen molar-refractivity contribution in [3.63, 3.8) is 0 Å². The Balaban J connectivity index is 1.78. The van der Waals surface area contributed by atoms with Gasteiger partial charge in [0.2, 0.25) is 0 Å². The van der Waals surface area contributed by atoms with Crippen molar-refractivity contribution in [2.24, 2.45) is 5.73 Å². The number of nitrogens with zero attached hydrogens (tertiary/aromatic N) is 1. The van der Waals surface area contributed by atoms with E-state index in [0.717, 1.165) is 15.9 Å². The summed E-state index contributed by atoms with van der Waals surface area (Å²) < 4.78 is 1.01. The van der Waals surface area contributed by atoms with E-state index in [-0.39, 0.29) is 6.04 Å². The van der Waals surface area contributed by atoms with Gasteiger partial charge in [-0.25, -0.2) is 4.98 Å². The van der Waals surface area contributed by atoms with Crippen LogP contribution in [0.5, 0.6) is 0 Å². The Hall–Kier alpha value is -0.840. The van der Waals surface area contributed by atoms with E-state index in [1.807, 2.05) is 18.3 Å². The molecule has 2 atom stereocenters. The minimum Gasteiger partial charge on any atom is -0.323 e. The normalized spacial score (nSPS) is 21.9. The summed E-state index contributed by atoms with van der Waals surface area (Å²) in [4.78, 5) is 4.40. The monoisotopic (exact) mass is 320 g/mol. The number of thioether (sulfide) groups is 1. The van der Waals surface area contributed by atoms with Crippen molar-refractivity contribution in [2.75, 3.05) is 0 Å². The van der Waals surface area contributed by atoms with Crippen LogP contribution in [0.15, 0.2) is 52.1 Å². The van der Waals surface area contributed by atoms with Crippen LogP contribution < -0.4 is 5.73 Å². The van der Waals surface area contributed by atoms with Crippen molar-refractivity contribution >= 4 is 27.7 Å². The molecule has 0 aliphatic heterocycles. The number of benzene rings is 1. The maximum atomic E-state index is 6.31. The van der Waals surface area contributed by atoms with Gasteiger partial charge in [-0.1, -0.05) is 24.3 Å². The summed E-state index contributed by atoms with van der Waals surface area (Å²) in [5.41, 5.74) is 8.97. The van der Waals surface area contributed by atoms with Crippen LogP contribution in [-0.4, -0.2) is 10.2 Å². The number of hydrogen-bond donors (Lipinski definition) is 1. The topological polar surface area (TPSA) is 38.9 Å². The highest BCUT2D eigenvalue weighted by Crippen LogP contribution is 2.39. The summed E-state index contributed by atoms with van der Waals surface area (Å²) in [6.45, 7) is 0. The summed E-state index contributed by atoms with van der Waals surface area (Å²) in [5.74, 6) is 0. The van der Waals surface area contributed by atoms with E-state index >= 15 is 0 Å². The third-order valence-electron chi connectivity index (χ3n) is 3.21. The van der Waals surface area contributed by atoms with E-state index in [1.54, 1.807) is 11.8 Å². The molecule has 1 aromatic carbocycles. The SMILES string of the molecule is NC1c2ccccc2CC1Sc1ccc(Br)cn1. The zero-order valence-electron chi connectivity index (χ0n) is 9.71. The molecule has 0 saturated carbocycles. The third kappa shape index (κ3) is 2.32. The van der Waals surface area contributed by atoms with Crippen molar-refractivity contribution in [2.45, 2.75) is 22.7 Å². The van der Waals surface area contributed by atoms with E-state index in [4.69, 9.17) is 5.73 Å². The molecule has 0 fully saturated rings. The molecular weight excluding hydrogens is 308 g/mol. The Labute approximate surface area is 119 Å². The van der Waals surface area contributed by atoms with Gasteiger partial charge in [-0.3, -0.25) is 0 Å². The Morgan fingerprint density at radius 1 is 1.22 bits per heavy atom. The Kier molecular flexibility index (Phi) is 3.41. The van der Waals surface area contributed by atoms with Crippen LogP contribution in [0.3, 0.4) is 0 Å². The fraction of sp³-hybridized carbons (Fsp3) is 0.214. The number of hydrogen-bond acceptors (Lipinski definition) is 3. The second-order valence-corrected chi connectivity index (χ2v) is 6.57. The number of fused-ring (bicyclic) bond motifs is 1. The average Bonchev–Trinajstić information content (AvgIpc) is 2.70. The summed E-state index contributed by atoms with van der Waals surface area (Å²) in [5, 5.41) is 1.42. The molecule has 0 saturated heterocycles. The van der Waals surface area contributed by atoms with Crippen LogP contribution in [0.25, 0.3) is 0 Å². The fourth-order valence-corrected chi connectivity index (χ4v) is 3.65. The lowest BCUT2D eigenvalue weighted by atomic mass is 10.1. The molecule has 2 aromatic rings. The van der Waals surface area contributed by atoms with Gasteiger partial charge in [0, 0.05) is 22.0 Å². The Morgan fingerprint density at radius 2 is 2.06 bits per heavy atom. The smallest absolute Gasteiger partial charge is 0.0964 e. The van der Waals surface area contributed by atoms with Gasteiger partial charge >= 0.3 is 0 Å². The minimum absolute atomic E-state index is 0.108. The third-order valence-corrected chi connectivity index (χ3v) is 4.92. The highest BCUT2D eigenvalue weighted by atomic mass is 79.9. The van der Waals surface area contributed by atoms with Gasteiger partial charge in [-0.2, -0.15) is 0 Å². The molecule has 2 N–H and O–H groups in total. The number of pyridine rings is 1. The van der Waals surface area contributed by atoms with Gasteiger partial charge in [-0.05, 0) is 45.6 Å². The second kappa shape index (κ2) is 5.03. The van der Waals surface area contributed by atoms with Gasteiger partial charge in [0.05, 0.1) is 5.03 Å². The Morgan fingerprint density at radius 3 is 2.78 bits per heavy atom. The minimum atomic E-state index is 0.108. The van der Waals surface area contributed by atoms with E-state index in [1.165, 1.54) is 11.1 Å². The van der Waals surface area contributed by atoms with Crippen molar-refractivity contribution < 1.29 is 0 Å². The highest BCUT2D eigenvalue weighted by Gasteiger charge is 2.30. The first-order valence-electron chi connectivity index (χ1n) is 5.85. The molecule has 4 heteroatoms. The summed E-state index contributed by atoms with van der Waals surface area (Å²) in [6, 6.07) is 12.6. The molecule has 1 aliphatic carbocycles. The van der Waals surface area contributed by atoms with E-state index in [9.17, 15) is 0 Å². The van der Waals surface area contributed by atoms with E-state index in [0.29, 0.717) is 5.25 Å². The maximum Gasteiger partial charge on any atom is 0.0964 e. The lowest BCUT2D eigenvalue weighted by Gasteiger charge is -2.14. The summed E-state index contributed by atoms with van der Waals surface area (Å²) in [6.07, 6.45) is 2.86. The predicted octanol–water partition coefficient (Wildman–Crippen LogP) is 3.56.